The SMILES string of the molecule is C[C@@]1([C@@H](CC=O)c2ccccc2)N=C(Cc2ccccc2)OC1=O. The Morgan fingerprint density at radius 3 is 2.33 bits per heavy atom. The van der Waals surface area contributed by atoms with Crippen molar-refractivity contribution in [1.29, 1.82) is 0 Å². The van der Waals surface area contributed by atoms with Gasteiger partial charge in [0, 0.05) is 18.8 Å². The molecule has 0 radical (unpaired) electrons. The summed E-state index contributed by atoms with van der Waals surface area (Å²) in [6.07, 6.45) is 1.52. The summed E-state index contributed by atoms with van der Waals surface area (Å²) < 4.78 is 5.42. The van der Waals surface area contributed by atoms with Crippen LogP contribution in [0.3, 0.4) is 0 Å². The van der Waals surface area contributed by atoms with Crippen LogP contribution in [0.15, 0.2) is 65.7 Å². The first kappa shape index (κ1) is 16.1. The van der Waals surface area contributed by atoms with Gasteiger partial charge in [-0.2, -0.15) is 0 Å². The molecule has 0 amide bonds. The van der Waals surface area contributed by atoms with Crippen LogP contribution in [0.1, 0.15) is 30.4 Å². The molecule has 1 aliphatic heterocycles. The Morgan fingerprint density at radius 1 is 1.08 bits per heavy atom. The molecule has 1 heterocycles. The lowest BCUT2D eigenvalue weighted by atomic mass is 9.79. The Hall–Kier alpha value is -2.75. The summed E-state index contributed by atoms with van der Waals surface area (Å²) >= 11 is 0. The van der Waals surface area contributed by atoms with Gasteiger partial charge in [0.1, 0.15) is 6.29 Å². The second-order valence-corrected chi connectivity index (χ2v) is 6.07. The van der Waals surface area contributed by atoms with Gasteiger partial charge in [0.05, 0.1) is 0 Å². The van der Waals surface area contributed by atoms with Crippen molar-refractivity contribution in [3.63, 3.8) is 0 Å². The van der Waals surface area contributed by atoms with Gasteiger partial charge < -0.3 is 9.53 Å². The van der Waals surface area contributed by atoms with Crippen LogP contribution in [0, 0.1) is 0 Å². The predicted molar refractivity (Wildman–Crippen MR) is 91.9 cm³/mol. The summed E-state index contributed by atoms with van der Waals surface area (Å²) in [5, 5.41) is 0. The number of nitrogens with zero attached hydrogens (tertiary/aromatic N) is 1. The standard InChI is InChI=1S/C20H19NO3/c1-20(17(12-13-22)16-10-6-3-7-11-16)19(23)24-18(21-20)14-15-8-4-2-5-9-15/h2-11,13,17H,12,14H2,1H3/t17-,20-/m0/s1. The Morgan fingerprint density at radius 2 is 1.71 bits per heavy atom. The molecule has 0 saturated heterocycles. The molecule has 0 N–H and O–H groups in total. The van der Waals surface area contributed by atoms with E-state index < -0.39 is 11.5 Å². The number of hydrogen-bond acceptors (Lipinski definition) is 4. The molecule has 0 saturated carbocycles. The number of carbonyl (C=O) groups is 2. The molecule has 0 aliphatic carbocycles. The van der Waals surface area contributed by atoms with E-state index in [1.54, 1.807) is 6.92 Å². The summed E-state index contributed by atoms with van der Waals surface area (Å²) in [7, 11) is 0. The maximum Gasteiger partial charge on any atom is 0.340 e. The molecular formula is C20H19NO3. The summed E-state index contributed by atoms with van der Waals surface area (Å²) in [5.74, 6) is -0.332. The number of aliphatic imine (C=N–C) groups is 1. The third-order valence-electron chi connectivity index (χ3n) is 4.39. The van der Waals surface area contributed by atoms with E-state index in [0.717, 1.165) is 17.4 Å². The smallest absolute Gasteiger partial charge is 0.340 e. The average Bonchev–Trinajstić information content (AvgIpc) is 2.89. The predicted octanol–water partition coefficient (Wildman–Crippen LogP) is 3.32. The van der Waals surface area contributed by atoms with Crippen LogP contribution in [-0.2, 0) is 20.7 Å². The first-order valence-electron chi connectivity index (χ1n) is 7.97. The maximum atomic E-state index is 12.5. The Bertz CT molecular complexity index is 755. The minimum Gasteiger partial charge on any atom is -0.410 e. The number of esters is 1. The van der Waals surface area contributed by atoms with Gasteiger partial charge in [0.15, 0.2) is 11.4 Å². The third kappa shape index (κ3) is 3.13. The monoisotopic (exact) mass is 321 g/mol. The normalized spacial score (nSPS) is 21.0. The number of benzene rings is 2. The van der Waals surface area contributed by atoms with E-state index in [9.17, 15) is 9.59 Å². The minimum atomic E-state index is -1.08. The number of rotatable bonds is 6. The fourth-order valence-electron chi connectivity index (χ4n) is 3.08. The van der Waals surface area contributed by atoms with Gasteiger partial charge >= 0.3 is 5.97 Å². The van der Waals surface area contributed by atoms with Crippen molar-refractivity contribution >= 4 is 18.2 Å². The Balaban J connectivity index is 1.91. The number of aldehydes is 1. The number of ether oxygens (including phenoxy) is 1. The van der Waals surface area contributed by atoms with Crippen LogP contribution in [0.5, 0.6) is 0 Å². The van der Waals surface area contributed by atoms with E-state index in [1.165, 1.54) is 0 Å². The van der Waals surface area contributed by atoms with Crippen molar-refractivity contribution < 1.29 is 14.3 Å². The third-order valence-corrected chi connectivity index (χ3v) is 4.39. The maximum absolute atomic E-state index is 12.5. The van der Waals surface area contributed by atoms with Crippen LogP contribution in [0.25, 0.3) is 0 Å². The van der Waals surface area contributed by atoms with Crippen LogP contribution >= 0.6 is 0 Å². The van der Waals surface area contributed by atoms with E-state index in [2.05, 4.69) is 4.99 Å². The van der Waals surface area contributed by atoms with Gasteiger partial charge in [0.2, 0.25) is 0 Å². The molecule has 0 fully saturated rings. The minimum absolute atomic E-state index is 0.220. The van der Waals surface area contributed by atoms with Crippen LogP contribution in [-0.4, -0.2) is 23.7 Å². The molecule has 0 unspecified atom stereocenters. The van der Waals surface area contributed by atoms with Gasteiger partial charge in [-0.15, -0.1) is 0 Å². The molecular weight excluding hydrogens is 302 g/mol. The van der Waals surface area contributed by atoms with Crippen LogP contribution in [0.2, 0.25) is 0 Å². The topological polar surface area (TPSA) is 55.7 Å². The molecule has 24 heavy (non-hydrogen) atoms. The second kappa shape index (κ2) is 6.79. The van der Waals surface area contributed by atoms with Gasteiger partial charge in [-0.25, -0.2) is 9.79 Å². The number of cyclic esters (lactones) is 1. The molecule has 2 atom stereocenters. The molecule has 0 spiro atoms. The summed E-state index contributed by atoms with van der Waals surface area (Å²) in [4.78, 5) is 28.3. The summed E-state index contributed by atoms with van der Waals surface area (Å²) in [6.45, 7) is 1.74. The first-order chi connectivity index (χ1) is 11.6. The number of hydrogen-bond donors (Lipinski definition) is 0. The molecule has 3 rings (SSSR count). The highest BCUT2D eigenvalue weighted by molar-refractivity contribution is 6.01. The van der Waals surface area contributed by atoms with Gasteiger partial charge in [-0.05, 0) is 18.1 Å². The Labute approximate surface area is 141 Å². The van der Waals surface area contributed by atoms with Gasteiger partial charge in [0.25, 0.3) is 0 Å². The fourth-order valence-corrected chi connectivity index (χ4v) is 3.08. The van der Waals surface area contributed by atoms with Crippen molar-refractivity contribution in [3.8, 4) is 0 Å². The van der Waals surface area contributed by atoms with Crippen LogP contribution < -0.4 is 0 Å². The zero-order valence-corrected chi connectivity index (χ0v) is 13.5. The summed E-state index contributed by atoms with van der Waals surface area (Å²) in [6, 6.07) is 19.3. The van der Waals surface area contributed by atoms with Gasteiger partial charge in [-0.1, -0.05) is 60.7 Å². The molecule has 2 aromatic carbocycles. The first-order valence-corrected chi connectivity index (χ1v) is 7.97. The highest BCUT2D eigenvalue weighted by Gasteiger charge is 2.48. The molecule has 0 bridgehead atoms. The van der Waals surface area contributed by atoms with Crippen molar-refractivity contribution in [1.82, 2.24) is 0 Å². The largest absolute Gasteiger partial charge is 0.410 e. The molecule has 0 aromatic heterocycles. The lowest BCUT2D eigenvalue weighted by Gasteiger charge is -2.26. The van der Waals surface area contributed by atoms with E-state index >= 15 is 0 Å². The lowest BCUT2D eigenvalue weighted by Crippen LogP contribution is -2.37. The quantitative estimate of drug-likeness (QED) is 0.606. The van der Waals surface area contributed by atoms with E-state index in [0.29, 0.717) is 12.3 Å². The van der Waals surface area contributed by atoms with Crippen molar-refractivity contribution in [3.05, 3.63) is 71.8 Å². The zero-order valence-electron chi connectivity index (χ0n) is 13.5. The second-order valence-electron chi connectivity index (χ2n) is 6.07. The highest BCUT2D eigenvalue weighted by Crippen LogP contribution is 2.38. The molecule has 4 heteroatoms. The lowest BCUT2D eigenvalue weighted by molar-refractivity contribution is -0.139. The van der Waals surface area contributed by atoms with Crippen molar-refractivity contribution in [2.75, 3.05) is 0 Å². The van der Waals surface area contributed by atoms with Crippen molar-refractivity contribution in [2.24, 2.45) is 4.99 Å². The molecule has 1 aliphatic rings. The zero-order chi connectivity index (χ0) is 17.0. The molecule has 122 valence electrons. The Kier molecular flexibility index (Phi) is 4.56. The van der Waals surface area contributed by atoms with Crippen molar-refractivity contribution in [2.45, 2.75) is 31.2 Å². The highest BCUT2D eigenvalue weighted by atomic mass is 16.6. The average molecular weight is 321 g/mol. The molecule has 4 nitrogen and oxygen atoms in total. The van der Waals surface area contributed by atoms with E-state index in [4.69, 9.17) is 4.74 Å². The molecule has 2 aromatic rings. The van der Waals surface area contributed by atoms with E-state index in [1.807, 2.05) is 60.7 Å². The fraction of sp³-hybridized carbons (Fsp3) is 0.250. The number of carbonyl (C=O) groups excluding carboxylic acids is 2. The van der Waals surface area contributed by atoms with Crippen LogP contribution in [0.4, 0.5) is 0 Å². The van der Waals surface area contributed by atoms with Gasteiger partial charge in [-0.3, -0.25) is 0 Å². The van der Waals surface area contributed by atoms with E-state index in [-0.39, 0.29) is 12.3 Å². The summed E-state index contributed by atoms with van der Waals surface area (Å²) in [5.41, 5.74) is 0.862.